The highest BCUT2D eigenvalue weighted by Crippen LogP contribution is 2.27. The van der Waals surface area contributed by atoms with E-state index < -0.39 is 11.4 Å². The molecular weight excluding hydrogens is 432 g/mol. The summed E-state index contributed by atoms with van der Waals surface area (Å²) in [6, 6.07) is 9.20. The summed E-state index contributed by atoms with van der Waals surface area (Å²) in [5.74, 6) is -0.697. The number of rotatable bonds is 4. The van der Waals surface area contributed by atoms with Crippen molar-refractivity contribution in [1.82, 2.24) is 19.8 Å². The fraction of sp³-hybridized carbons (Fsp3) is 0.500. The molecule has 0 spiro atoms. The molecule has 1 atom stereocenters. The first-order valence-electron chi connectivity index (χ1n) is 11.6. The fourth-order valence-electron chi connectivity index (χ4n) is 4.09. The third-order valence-electron chi connectivity index (χ3n) is 5.93. The highest BCUT2D eigenvalue weighted by molar-refractivity contribution is 6.05. The lowest BCUT2D eigenvalue weighted by Gasteiger charge is -2.42. The quantitative estimate of drug-likeness (QED) is 0.637. The van der Waals surface area contributed by atoms with Gasteiger partial charge in [-0.1, -0.05) is 65.0 Å². The molecule has 1 aliphatic heterocycles. The van der Waals surface area contributed by atoms with Gasteiger partial charge in [0.05, 0.1) is 12.8 Å². The van der Waals surface area contributed by atoms with Gasteiger partial charge in [0.1, 0.15) is 11.3 Å². The minimum Gasteiger partial charge on any atom is -0.465 e. The number of esters is 1. The number of piperazine rings is 1. The standard InChI is InChI=1S/C26H34N4O4/c1-16(2)20-19(24(32)34-7)21(28-22(27-20)18-11-9-8-10-12-18)23(31)29-13-14-30(17(3)15-29)25(33)26(4,5)6/h8-12,16-17H,13-15H2,1-7H3. The van der Waals surface area contributed by atoms with Gasteiger partial charge in [0.25, 0.3) is 5.91 Å². The van der Waals surface area contributed by atoms with Crippen LogP contribution in [0.15, 0.2) is 30.3 Å². The summed E-state index contributed by atoms with van der Waals surface area (Å²) in [6.07, 6.45) is 0. The maximum Gasteiger partial charge on any atom is 0.342 e. The summed E-state index contributed by atoms with van der Waals surface area (Å²) in [6.45, 7) is 12.6. The molecule has 2 heterocycles. The number of aromatic nitrogens is 2. The molecule has 2 amide bonds. The predicted octanol–water partition coefficient (Wildman–Crippen LogP) is 3.77. The Hall–Kier alpha value is -3.29. The number of hydrogen-bond donors (Lipinski definition) is 0. The highest BCUT2D eigenvalue weighted by Gasteiger charge is 2.37. The summed E-state index contributed by atoms with van der Waals surface area (Å²) in [4.78, 5) is 52.0. The molecule has 182 valence electrons. The zero-order chi connectivity index (χ0) is 25.2. The lowest BCUT2D eigenvalue weighted by Crippen LogP contribution is -2.57. The molecule has 1 unspecified atom stereocenters. The van der Waals surface area contributed by atoms with Gasteiger partial charge < -0.3 is 14.5 Å². The van der Waals surface area contributed by atoms with Crippen LogP contribution in [-0.4, -0.2) is 70.3 Å². The monoisotopic (exact) mass is 466 g/mol. The van der Waals surface area contributed by atoms with Crippen molar-refractivity contribution in [3.63, 3.8) is 0 Å². The Kier molecular flexibility index (Phi) is 7.38. The summed E-state index contributed by atoms with van der Waals surface area (Å²) >= 11 is 0. The van der Waals surface area contributed by atoms with Crippen LogP contribution in [0, 0.1) is 5.41 Å². The van der Waals surface area contributed by atoms with Crippen LogP contribution >= 0.6 is 0 Å². The molecule has 1 aromatic carbocycles. The molecule has 1 aliphatic rings. The second-order valence-electron chi connectivity index (χ2n) is 10.0. The SMILES string of the molecule is COC(=O)c1c(C(=O)N2CCN(C(=O)C(C)(C)C)C(C)C2)nc(-c2ccccc2)nc1C(C)C. The lowest BCUT2D eigenvalue weighted by molar-refractivity contribution is -0.143. The van der Waals surface area contributed by atoms with Crippen LogP contribution in [0.25, 0.3) is 11.4 Å². The number of benzene rings is 1. The Bertz CT molecular complexity index is 1080. The molecule has 34 heavy (non-hydrogen) atoms. The minimum absolute atomic E-state index is 0.0344. The number of hydrogen-bond acceptors (Lipinski definition) is 6. The molecule has 8 nitrogen and oxygen atoms in total. The molecule has 1 fully saturated rings. The third kappa shape index (κ3) is 5.11. The van der Waals surface area contributed by atoms with Gasteiger partial charge in [-0.25, -0.2) is 14.8 Å². The van der Waals surface area contributed by atoms with Gasteiger partial charge in [0.2, 0.25) is 5.91 Å². The lowest BCUT2D eigenvalue weighted by atomic mass is 9.93. The van der Waals surface area contributed by atoms with Crippen LogP contribution in [-0.2, 0) is 9.53 Å². The van der Waals surface area contributed by atoms with Gasteiger partial charge in [-0.2, -0.15) is 0 Å². The van der Waals surface area contributed by atoms with E-state index in [0.717, 1.165) is 5.56 Å². The number of methoxy groups -OCH3 is 1. The molecular formula is C26H34N4O4. The Labute approximate surface area is 201 Å². The molecule has 8 heteroatoms. The van der Waals surface area contributed by atoms with Crippen molar-refractivity contribution in [2.45, 2.75) is 53.5 Å². The maximum atomic E-state index is 13.7. The van der Waals surface area contributed by atoms with Crippen molar-refractivity contribution in [3.05, 3.63) is 47.3 Å². The molecule has 1 saturated heterocycles. The van der Waals surface area contributed by atoms with Gasteiger partial charge >= 0.3 is 5.97 Å². The van der Waals surface area contributed by atoms with Crippen LogP contribution in [0.3, 0.4) is 0 Å². The summed E-state index contributed by atoms with van der Waals surface area (Å²) in [5, 5.41) is 0. The average Bonchev–Trinajstić information content (AvgIpc) is 2.81. The summed E-state index contributed by atoms with van der Waals surface area (Å²) in [7, 11) is 1.28. The Balaban J connectivity index is 2.04. The van der Waals surface area contributed by atoms with Crippen LogP contribution in [0.5, 0.6) is 0 Å². The van der Waals surface area contributed by atoms with Gasteiger partial charge in [-0.15, -0.1) is 0 Å². The second-order valence-corrected chi connectivity index (χ2v) is 10.0. The molecule has 3 rings (SSSR count). The van der Waals surface area contributed by atoms with E-state index in [1.165, 1.54) is 7.11 Å². The van der Waals surface area contributed by atoms with Crippen molar-refractivity contribution in [3.8, 4) is 11.4 Å². The summed E-state index contributed by atoms with van der Waals surface area (Å²) in [5.41, 5.74) is 0.861. The van der Waals surface area contributed by atoms with E-state index >= 15 is 0 Å². The minimum atomic E-state index is -0.638. The molecule has 0 bridgehead atoms. The first-order valence-corrected chi connectivity index (χ1v) is 11.6. The van der Waals surface area contributed by atoms with Gasteiger partial charge in [0, 0.05) is 36.7 Å². The second kappa shape index (κ2) is 9.91. The van der Waals surface area contributed by atoms with Crippen LogP contribution in [0.1, 0.15) is 74.0 Å². The average molecular weight is 467 g/mol. The van der Waals surface area contributed by atoms with E-state index in [4.69, 9.17) is 4.74 Å². The van der Waals surface area contributed by atoms with Crippen LogP contribution in [0.4, 0.5) is 0 Å². The predicted molar refractivity (Wildman–Crippen MR) is 129 cm³/mol. The van der Waals surface area contributed by atoms with Gasteiger partial charge in [-0.3, -0.25) is 9.59 Å². The normalized spacial score (nSPS) is 16.5. The Morgan fingerprint density at radius 2 is 1.71 bits per heavy atom. The topological polar surface area (TPSA) is 92.7 Å². The number of amides is 2. The number of carbonyl (C=O) groups is 3. The largest absolute Gasteiger partial charge is 0.465 e. The third-order valence-corrected chi connectivity index (χ3v) is 5.93. The first-order chi connectivity index (χ1) is 16.0. The van der Waals surface area contributed by atoms with Crippen LogP contribution in [0.2, 0.25) is 0 Å². The van der Waals surface area contributed by atoms with E-state index in [-0.39, 0.29) is 35.0 Å². The molecule has 0 saturated carbocycles. The molecule has 0 aliphatic carbocycles. The van der Waals surface area contributed by atoms with Crippen molar-refractivity contribution in [2.24, 2.45) is 5.41 Å². The number of ether oxygens (including phenoxy) is 1. The van der Waals surface area contributed by atoms with Crippen molar-refractivity contribution in [2.75, 3.05) is 26.7 Å². The molecule has 1 aromatic heterocycles. The van der Waals surface area contributed by atoms with Crippen molar-refractivity contribution in [1.29, 1.82) is 0 Å². The zero-order valence-electron chi connectivity index (χ0n) is 21.1. The molecule has 2 aromatic rings. The van der Waals surface area contributed by atoms with Gasteiger partial charge in [0.15, 0.2) is 5.82 Å². The number of carbonyl (C=O) groups excluding carboxylic acids is 3. The van der Waals surface area contributed by atoms with E-state index in [1.54, 1.807) is 4.90 Å². The van der Waals surface area contributed by atoms with E-state index in [1.807, 2.05) is 76.8 Å². The molecule has 0 radical (unpaired) electrons. The van der Waals surface area contributed by atoms with Gasteiger partial charge in [-0.05, 0) is 12.8 Å². The Morgan fingerprint density at radius 3 is 2.24 bits per heavy atom. The molecule has 0 N–H and O–H groups in total. The Morgan fingerprint density at radius 1 is 1.06 bits per heavy atom. The first kappa shape index (κ1) is 25.3. The smallest absolute Gasteiger partial charge is 0.342 e. The van der Waals surface area contributed by atoms with E-state index in [0.29, 0.717) is 31.2 Å². The summed E-state index contributed by atoms with van der Waals surface area (Å²) < 4.78 is 5.02. The van der Waals surface area contributed by atoms with E-state index in [2.05, 4.69) is 9.97 Å². The van der Waals surface area contributed by atoms with E-state index in [9.17, 15) is 14.4 Å². The highest BCUT2D eigenvalue weighted by atomic mass is 16.5. The van der Waals surface area contributed by atoms with Crippen LogP contribution < -0.4 is 0 Å². The van der Waals surface area contributed by atoms with Crippen molar-refractivity contribution < 1.29 is 19.1 Å². The number of nitrogens with zero attached hydrogens (tertiary/aromatic N) is 4. The maximum absolute atomic E-state index is 13.7. The van der Waals surface area contributed by atoms with Crippen molar-refractivity contribution >= 4 is 17.8 Å². The fourth-order valence-corrected chi connectivity index (χ4v) is 4.09. The zero-order valence-corrected chi connectivity index (χ0v) is 21.1.